The molecular formula is C14H13F2NO3S. The summed E-state index contributed by atoms with van der Waals surface area (Å²) in [6, 6.07) is 7.12. The number of hydrogen-bond acceptors (Lipinski definition) is 3. The number of aryl methyl sites for hydroxylation is 1. The molecule has 0 saturated carbocycles. The van der Waals surface area contributed by atoms with Crippen molar-refractivity contribution < 1.29 is 22.3 Å². The molecule has 0 heterocycles. The van der Waals surface area contributed by atoms with Gasteiger partial charge < -0.3 is 5.11 Å². The van der Waals surface area contributed by atoms with E-state index in [1.165, 1.54) is 18.2 Å². The number of halogens is 2. The third-order valence-corrected chi connectivity index (χ3v) is 4.35. The van der Waals surface area contributed by atoms with Crippen LogP contribution in [-0.4, -0.2) is 13.5 Å². The van der Waals surface area contributed by atoms with E-state index in [0.29, 0.717) is 11.1 Å². The number of nitrogens with one attached hydrogen (secondary N) is 1. The predicted molar refractivity (Wildman–Crippen MR) is 74.3 cm³/mol. The summed E-state index contributed by atoms with van der Waals surface area (Å²) in [5.74, 6) is -2.01. The molecule has 0 aliphatic carbocycles. The number of sulfonamides is 1. The maximum Gasteiger partial charge on any atom is 0.262 e. The number of aliphatic hydroxyl groups is 1. The molecule has 0 saturated heterocycles. The minimum Gasteiger partial charge on any atom is -0.392 e. The highest BCUT2D eigenvalue weighted by molar-refractivity contribution is 7.92. The molecule has 0 bridgehead atoms. The molecule has 0 unspecified atom stereocenters. The summed E-state index contributed by atoms with van der Waals surface area (Å²) in [5.41, 5.74) is 0.407. The van der Waals surface area contributed by atoms with Crippen LogP contribution in [0.3, 0.4) is 0 Å². The van der Waals surface area contributed by atoms with Crippen LogP contribution >= 0.6 is 0 Å². The highest BCUT2D eigenvalue weighted by Crippen LogP contribution is 2.23. The van der Waals surface area contributed by atoms with Crippen LogP contribution in [0.5, 0.6) is 0 Å². The number of hydrogen-bond donors (Lipinski definition) is 2. The first-order valence-corrected chi connectivity index (χ1v) is 7.50. The lowest BCUT2D eigenvalue weighted by Gasteiger charge is -2.11. The molecule has 0 spiro atoms. The van der Waals surface area contributed by atoms with Crippen LogP contribution in [0.25, 0.3) is 0 Å². The van der Waals surface area contributed by atoms with Crippen molar-refractivity contribution in [3.05, 3.63) is 59.2 Å². The molecule has 4 nitrogen and oxygen atoms in total. The molecule has 2 aromatic carbocycles. The molecule has 0 atom stereocenters. The Morgan fingerprint density at radius 3 is 2.33 bits per heavy atom. The van der Waals surface area contributed by atoms with Crippen molar-refractivity contribution in [1.29, 1.82) is 0 Å². The van der Waals surface area contributed by atoms with E-state index in [-0.39, 0.29) is 11.5 Å². The predicted octanol–water partition coefficient (Wildman–Crippen LogP) is 2.57. The maximum absolute atomic E-state index is 13.5. The van der Waals surface area contributed by atoms with Crippen LogP contribution in [0.15, 0.2) is 41.3 Å². The lowest BCUT2D eigenvalue weighted by Crippen LogP contribution is -2.15. The Kier molecular flexibility index (Phi) is 4.24. The molecule has 21 heavy (non-hydrogen) atoms. The first kappa shape index (κ1) is 15.4. The average Bonchev–Trinajstić information content (AvgIpc) is 2.43. The van der Waals surface area contributed by atoms with Gasteiger partial charge in [-0.05, 0) is 42.3 Å². The summed E-state index contributed by atoms with van der Waals surface area (Å²) < 4.78 is 53.2. The SMILES string of the molecule is Cc1ccc(S(=O)(=O)Nc2c(F)cccc2F)cc1CO. The van der Waals surface area contributed by atoms with Gasteiger partial charge in [0.15, 0.2) is 0 Å². The average molecular weight is 313 g/mol. The molecule has 2 aromatic rings. The summed E-state index contributed by atoms with van der Waals surface area (Å²) in [6.07, 6.45) is 0. The van der Waals surface area contributed by atoms with Crippen LogP contribution in [0.2, 0.25) is 0 Å². The molecule has 0 amide bonds. The van der Waals surface area contributed by atoms with Crippen molar-refractivity contribution in [2.75, 3.05) is 4.72 Å². The van der Waals surface area contributed by atoms with E-state index < -0.39 is 27.3 Å². The van der Waals surface area contributed by atoms with Gasteiger partial charge in [-0.25, -0.2) is 17.2 Å². The zero-order valence-electron chi connectivity index (χ0n) is 11.1. The summed E-state index contributed by atoms with van der Waals surface area (Å²) in [7, 11) is -4.15. The molecule has 7 heteroatoms. The van der Waals surface area contributed by atoms with Gasteiger partial charge in [0.1, 0.15) is 17.3 Å². The van der Waals surface area contributed by atoms with Crippen molar-refractivity contribution in [3.63, 3.8) is 0 Å². The Hall–Kier alpha value is -1.99. The van der Waals surface area contributed by atoms with Crippen LogP contribution < -0.4 is 4.72 Å². The van der Waals surface area contributed by atoms with E-state index in [4.69, 9.17) is 5.11 Å². The van der Waals surface area contributed by atoms with Crippen molar-refractivity contribution in [3.8, 4) is 0 Å². The fraction of sp³-hybridized carbons (Fsp3) is 0.143. The Morgan fingerprint density at radius 1 is 1.14 bits per heavy atom. The molecule has 2 rings (SSSR count). The van der Waals surface area contributed by atoms with E-state index in [9.17, 15) is 17.2 Å². The largest absolute Gasteiger partial charge is 0.392 e. The van der Waals surface area contributed by atoms with E-state index in [2.05, 4.69) is 0 Å². The topological polar surface area (TPSA) is 66.4 Å². The van der Waals surface area contributed by atoms with Gasteiger partial charge in [-0.15, -0.1) is 0 Å². The Bertz CT molecular complexity index is 756. The molecule has 0 radical (unpaired) electrons. The van der Waals surface area contributed by atoms with Gasteiger partial charge in [0.05, 0.1) is 11.5 Å². The first-order valence-electron chi connectivity index (χ1n) is 6.02. The zero-order chi connectivity index (χ0) is 15.6. The van der Waals surface area contributed by atoms with Crippen LogP contribution in [0.4, 0.5) is 14.5 Å². The molecular weight excluding hydrogens is 300 g/mol. The fourth-order valence-corrected chi connectivity index (χ4v) is 2.90. The summed E-state index contributed by atoms with van der Waals surface area (Å²) in [6.45, 7) is 1.38. The van der Waals surface area contributed by atoms with Crippen LogP contribution in [0, 0.1) is 18.6 Å². The lowest BCUT2D eigenvalue weighted by atomic mass is 10.1. The van der Waals surface area contributed by atoms with Gasteiger partial charge >= 0.3 is 0 Å². The van der Waals surface area contributed by atoms with E-state index in [1.54, 1.807) is 6.92 Å². The molecule has 112 valence electrons. The van der Waals surface area contributed by atoms with Gasteiger partial charge in [-0.1, -0.05) is 12.1 Å². The van der Waals surface area contributed by atoms with Gasteiger partial charge in [0, 0.05) is 0 Å². The number of benzene rings is 2. The second kappa shape index (κ2) is 5.79. The Balaban J connectivity index is 2.44. The minimum absolute atomic E-state index is 0.181. The second-order valence-corrected chi connectivity index (χ2v) is 6.13. The molecule has 0 aliphatic heterocycles. The highest BCUT2D eigenvalue weighted by atomic mass is 32.2. The van der Waals surface area contributed by atoms with Crippen molar-refractivity contribution in [2.24, 2.45) is 0 Å². The fourth-order valence-electron chi connectivity index (χ4n) is 1.77. The third kappa shape index (κ3) is 3.20. The summed E-state index contributed by atoms with van der Waals surface area (Å²) in [5, 5.41) is 9.15. The number of rotatable bonds is 4. The lowest BCUT2D eigenvalue weighted by molar-refractivity contribution is 0.281. The first-order chi connectivity index (χ1) is 9.85. The van der Waals surface area contributed by atoms with E-state index in [1.807, 2.05) is 4.72 Å². The second-order valence-electron chi connectivity index (χ2n) is 4.45. The summed E-state index contributed by atoms with van der Waals surface area (Å²) in [4.78, 5) is -0.181. The maximum atomic E-state index is 13.5. The Morgan fingerprint density at radius 2 is 1.76 bits per heavy atom. The van der Waals surface area contributed by atoms with Crippen molar-refractivity contribution >= 4 is 15.7 Å². The van der Waals surface area contributed by atoms with Crippen LogP contribution in [0.1, 0.15) is 11.1 Å². The van der Waals surface area contributed by atoms with Gasteiger partial charge in [0.25, 0.3) is 10.0 Å². The third-order valence-electron chi connectivity index (χ3n) is 3.00. The highest BCUT2D eigenvalue weighted by Gasteiger charge is 2.19. The molecule has 0 fully saturated rings. The van der Waals surface area contributed by atoms with Gasteiger partial charge in [0.2, 0.25) is 0 Å². The quantitative estimate of drug-likeness (QED) is 0.911. The Labute approximate surface area is 121 Å². The smallest absolute Gasteiger partial charge is 0.262 e. The minimum atomic E-state index is -4.15. The van der Waals surface area contributed by atoms with Crippen molar-refractivity contribution in [2.45, 2.75) is 18.4 Å². The number of aliphatic hydroxyl groups excluding tert-OH is 1. The van der Waals surface area contributed by atoms with E-state index >= 15 is 0 Å². The molecule has 0 aromatic heterocycles. The van der Waals surface area contributed by atoms with E-state index in [0.717, 1.165) is 18.2 Å². The van der Waals surface area contributed by atoms with Gasteiger partial charge in [-0.2, -0.15) is 0 Å². The molecule has 2 N–H and O–H groups in total. The normalized spacial score (nSPS) is 11.4. The number of anilines is 1. The standard InChI is InChI=1S/C14H13F2NO3S/c1-9-5-6-11(7-10(9)8-18)21(19,20)17-14-12(15)3-2-4-13(14)16/h2-7,17-18H,8H2,1H3. The van der Waals surface area contributed by atoms with Gasteiger partial charge in [-0.3, -0.25) is 4.72 Å². The summed E-state index contributed by atoms with van der Waals surface area (Å²) >= 11 is 0. The zero-order valence-corrected chi connectivity index (χ0v) is 11.9. The van der Waals surface area contributed by atoms with Crippen LogP contribution in [-0.2, 0) is 16.6 Å². The molecule has 0 aliphatic rings. The monoisotopic (exact) mass is 313 g/mol. The number of para-hydroxylation sites is 1. The van der Waals surface area contributed by atoms with Crippen molar-refractivity contribution in [1.82, 2.24) is 0 Å².